The minimum absolute atomic E-state index is 0.191. The average Bonchev–Trinajstić information content (AvgIpc) is 2.62. The first-order valence-corrected chi connectivity index (χ1v) is 8.39. The third kappa shape index (κ3) is 5.44. The highest BCUT2D eigenvalue weighted by molar-refractivity contribution is 6.13. The summed E-state index contributed by atoms with van der Waals surface area (Å²) in [6.45, 7) is 2.11. The van der Waals surface area contributed by atoms with Crippen molar-refractivity contribution in [3.8, 4) is 16.9 Å². The summed E-state index contributed by atoms with van der Waals surface area (Å²) in [5.41, 5.74) is 2.54. The lowest BCUT2D eigenvalue weighted by atomic mass is 9.99. The van der Waals surface area contributed by atoms with Gasteiger partial charge in [0, 0.05) is 11.6 Å². The summed E-state index contributed by atoms with van der Waals surface area (Å²) in [6, 6.07) is 11.8. The van der Waals surface area contributed by atoms with Crippen molar-refractivity contribution in [2.45, 2.75) is 25.8 Å². The highest BCUT2D eigenvalue weighted by Crippen LogP contribution is 2.30. The van der Waals surface area contributed by atoms with Crippen molar-refractivity contribution in [3.05, 3.63) is 53.8 Å². The van der Waals surface area contributed by atoms with Gasteiger partial charge >= 0.3 is 5.97 Å². The van der Waals surface area contributed by atoms with E-state index in [-0.39, 0.29) is 24.2 Å². The summed E-state index contributed by atoms with van der Waals surface area (Å²) in [5.74, 6) is -0.000697. The number of hydrogen-bond acceptors (Lipinski definition) is 4. The maximum absolute atomic E-state index is 13.5. The lowest BCUT2D eigenvalue weighted by Gasteiger charge is -2.14. The largest absolute Gasteiger partial charge is 0.496 e. The Hall–Kier alpha value is -2.11. The number of nitrogens with one attached hydrogen (secondary N) is 1. The molecule has 0 aromatic heterocycles. The molecule has 0 aliphatic heterocycles. The normalized spacial score (nSPS) is 11.8. The van der Waals surface area contributed by atoms with Crippen molar-refractivity contribution < 1.29 is 18.7 Å². The van der Waals surface area contributed by atoms with Crippen LogP contribution in [0, 0.1) is 5.82 Å². The van der Waals surface area contributed by atoms with E-state index in [2.05, 4.69) is 4.84 Å². The Kier molecular flexibility index (Phi) is 7.22. The summed E-state index contributed by atoms with van der Waals surface area (Å²) >= 11 is 5.73. The van der Waals surface area contributed by atoms with Gasteiger partial charge in [-0.1, -0.05) is 24.3 Å². The molecule has 2 rings (SSSR count). The SMILES string of the molecule is CCOC(=O)C[C@@H](Cc1ccc(-c2cc(F)ccc2OC)cc1)NCl. The van der Waals surface area contributed by atoms with Gasteiger partial charge < -0.3 is 9.47 Å². The van der Waals surface area contributed by atoms with E-state index in [1.54, 1.807) is 20.1 Å². The minimum Gasteiger partial charge on any atom is -0.496 e. The summed E-state index contributed by atoms with van der Waals surface area (Å²) in [5, 5.41) is 0. The molecule has 134 valence electrons. The first-order valence-electron chi connectivity index (χ1n) is 8.02. The number of halogens is 2. The highest BCUT2D eigenvalue weighted by atomic mass is 35.5. The van der Waals surface area contributed by atoms with Crippen molar-refractivity contribution in [2.24, 2.45) is 0 Å². The molecule has 0 aliphatic carbocycles. The van der Waals surface area contributed by atoms with E-state index in [0.29, 0.717) is 24.3 Å². The third-order valence-corrected chi connectivity index (χ3v) is 4.09. The molecule has 0 radical (unpaired) electrons. The lowest BCUT2D eigenvalue weighted by molar-refractivity contribution is -0.143. The second kappa shape index (κ2) is 9.39. The number of hydrogen-bond donors (Lipinski definition) is 1. The number of rotatable bonds is 8. The van der Waals surface area contributed by atoms with Gasteiger partial charge in [-0.15, -0.1) is 0 Å². The molecule has 0 fully saturated rings. The molecule has 0 saturated heterocycles. The van der Waals surface area contributed by atoms with Gasteiger partial charge in [-0.2, -0.15) is 0 Å². The van der Waals surface area contributed by atoms with E-state index in [0.717, 1.165) is 11.1 Å². The predicted molar refractivity (Wildman–Crippen MR) is 96.1 cm³/mol. The summed E-state index contributed by atoms with van der Waals surface area (Å²) < 4.78 is 23.8. The Balaban J connectivity index is 2.11. The van der Waals surface area contributed by atoms with Crippen molar-refractivity contribution in [3.63, 3.8) is 0 Å². The molecule has 2 aromatic carbocycles. The van der Waals surface area contributed by atoms with Gasteiger partial charge in [0.15, 0.2) is 0 Å². The van der Waals surface area contributed by atoms with Crippen molar-refractivity contribution >= 4 is 17.7 Å². The number of benzene rings is 2. The zero-order chi connectivity index (χ0) is 18.2. The molecule has 1 atom stereocenters. The zero-order valence-corrected chi connectivity index (χ0v) is 15.0. The van der Waals surface area contributed by atoms with Crippen LogP contribution >= 0.6 is 11.8 Å². The van der Waals surface area contributed by atoms with Gasteiger partial charge in [0.2, 0.25) is 0 Å². The molecule has 0 spiro atoms. The molecule has 6 heteroatoms. The van der Waals surface area contributed by atoms with Gasteiger partial charge in [-0.25, -0.2) is 9.23 Å². The topological polar surface area (TPSA) is 47.6 Å². The molecule has 1 N–H and O–H groups in total. The highest BCUT2D eigenvalue weighted by Gasteiger charge is 2.15. The Labute approximate surface area is 152 Å². The van der Waals surface area contributed by atoms with Crippen LogP contribution in [0.1, 0.15) is 18.9 Å². The fraction of sp³-hybridized carbons (Fsp3) is 0.316. The number of ether oxygens (including phenoxy) is 2. The van der Waals surface area contributed by atoms with Gasteiger partial charge in [0.25, 0.3) is 0 Å². The first-order chi connectivity index (χ1) is 12.1. The molecular formula is C19H21ClFNO3. The van der Waals surface area contributed by atoms with E-state index in [1.165, 1.54) is 12.1 Å². The van der Waals surface area contributed by atoms with Crippen LogP contribution in [0.3, 0.4) is 0 Å². The Morgan fingerprint density at radius 2 is 1.96 bits per heavy atom. The first kappa shape index (κ1) is 19.2. The van der Waals surface area contributed by atoms with Gasteiger partial charge in [0.1, 0.15) is 11.6 Å². The van der Waals surface area contributed by atoms with Crippen LogP contribution in [0.4, 0.5) is 4.39 Å². The van der Waals surface area contributed by atoms with Crippen molar-refractivity contribution in [2.75, 3.05) is 13.7 Å². The molecule has 25 heavy (non-hydrogen) atoms. The Morgan fingerprint density at radius 3 is 2.56 bits per heavy atom. The second-order valence-electron chi connectivity index (χ2n) is 5.56. The summed E-state index contributed by atoms with van der Waals surface area (Å²) in [4.78, 5) is 14.2. The maximum atomic E-state index is 13.5. The minimum atomic E-state index is -0.319. The van der Waals surface area contributed by atoms with E-state index >= 15 is 0 Å². The molecule has 0 unspecified atom stereocenters. The van der Waals surface area contributed by atoms with Gasteiger partial charge in [-0.3, -0.25) is 4.79 Å². The summed E-state index contributed by atoms with van der Waals surface area (Å²) in [7, 11) is 1.55. The van der Waals surface area contributed by atoms with Crippen molar-refractivity contribution in [1.29, 1.82) is 0 Å². The molecule has 0 amide bonds. The Bertz CT molecular complexity index is 706. The van der Waals surface area contributed by atoms with Crippen LogP contribution in [0.5, 0.6) is 5.75 Å². The zero-order valence-electron chi connectivity index (χ0n) is 14.2. The van der Waals surface area contributed by atoms with Crippen LogP contribution < -0.4 is 9.57 Å². The number of carbonyl (C=O) groups is 1. The monoisotopic (exact) mass is 365 g/mol. The van der Waals surface area contributed by atoms with Crippen molar-refractivity contribution in [1.82, 2.24) is 4.84 Å². The van der Waals surface area contributed by atoms with Gasteiger partial charge in [0.05, 0.1) is 20.1 Å². The van der Waals surface area contributed by atoms with E-state index in [4.69, 9.17) is 21.3 Å². The molecule has 2 aromatic rings. The Morgan fingerprint density at radius 1 is 1.24 bits per heavy atom. The fourth-order valence-electron chi connectivity index (χ4n) is 2.58. The second-order valence-corrected chi connectivity index (χ2v) is 5.78. The smallest absolute Gasteiger partial charge is 0.307 e. The van der Waals surface area contributed by atoms with E-state index < -0.39 is 0 Å². The standard InChI is InChI=1S/C19H21ClFNO3/c1-3-25-19(23)12-16(22-20)10-13-4-6-14(7-5-13)17-11-15(21)8-9-18(17)24-2/h4-9,11,16,22H,3,10,12H2,1-2H3/t16-/m1/s1. The van der Waals surface area contributed by atoms with E-state index in [9.17, 15) is 9.18 Å². The molecule has 4 nitrogen and oxygen atoms in total. The van der Waals surface area contributed by atoms with E-state index in [1.807, 2.05) is 24.3 Å². The van der Waals surface area contributed by atoms with Crippen LogP contribution in [-0.2, 0) is 16.0 Å². The predicted octanol–water partition coefficient (Wildman–Crippen LogP) is 4.11. The quantitative estimate of drug-likeness (QED) is 0.565. The molecule has 0 aliphatic rings. The number of esters is 1. The van der Waals surface area contributed by atoms with Gasteiger partial charge in [-0.05, 0) is 54.4 Å². The molecule has 0 saturated carbocycles. The third-order valence-electron chi connectivity index (χ3n) is 3.78. The number of carbonyl (C=O) groups excluding carboxylic acids is 1. The lowest BCUT2D eigenvalue weighted by Crippen LogP contribution is -2.27. The summed E-state index contributed by atoms with van der Waals surface area (Å²) in [6.07, 6.45) is 0.764. The fourth-order valence-corrected chi connectivity index (χ4v) is 2.74. The van der Waals surface area contributed by atoms with Crippen LogP contribution in [0.15, 0.2) is 42.5 Å². The van der Waals surface area contributed by atoms with Crippen LogP contribution in [-0.4, -0.2) is 25.7 Å². The van der Waals surface area contributed by atoms with Crippen LogP contribution in [0.2, 0.25) is 0 Å². The molecular weight excluding hydrogens is 345 g/mol. The molecule has 0 heterocycles. The van der Waals surface area contributed by atoms with Crippen LogP contribution in [0.25, 0.3) is 11.1 Å². The average molecular weight is 366 g/mol. The number of methoxy groups -OCH3 is 1. The molecule has 0 bridgehead atoms. The maximum Gasteiger partial charge on any atom is 0.307 e.